The van der Waals surface area contributed by atoms with Crippen molar-refractivity contribution in [2.75, 3.05) is 24.5 Å². The van der Waals surface area contributed by atoms with Crippen LogP contribution in [0.1, 0.15) is 29.6 Å². The first-order chi connectivity index (χ1) is 11.6. The van der Waals surface area contributed by atoms with Crippen molar-refractivity contribution in [1.82, 2.24) is 10.3 Å². The number of carbonyl (C=O) groups is 1. The zero-order valence-corrected chi connectivity index (χ0v) is 14.1. The van der Waals surface area contributed by atoms with Crippen LogP contribution in [0.15, 0.2) is 24.3 Å². The number of pyridine rings is 1. The van der Waals surface area contributed by atoms with Crippen LogP contribution in [0.4, 0.5) is 5.82 Å². The number of halogens is 1. The molecule has 0 amide bonds. The fourth-order valence-electron chi connectivity index (χ4n) is 4.12. The summed E-state index contributed by atoms with van der Waals surface area (Å²) in [5.74, 6) is 0.594. The molecule has 0 saturated carbocycles. The van der Waals surface area contributed by atoms with Crippen molar-refractivity contribution in [2.24, 2.45) is 5.92 Å². The Labute approximate surface area is 145 Å². The molecule has 2 saturated heterocycles. The van der Waals surface area contributed by atoms with E-state index in [4.69, 9.17) is 16.6 Å². The van der Waals surface area contributed by atoms with E-state index in [1.54, 1.807) is 12.1 Å². The van der Waals surface area contributed by atoms with Crippen molar-refractivity contribution in [3.05, 3.63) is 34.9 Å². The third-order valence-electron chi connectivity index (χ3n) is 5.26. The van der Waals surface area contributed by atoms with Gasteiger partial charge in [-0.2, -0.15) is 0 Å². The van der Waals surface area contributed by atoms with Crippen molar-refractivity contribution in [3.63, 3.8) is 0 Å². The summed E-state index contributed by atoms with van der Waals surface area (Å²) in [6.45, 7) is 3.19. The predicted molar refractivity (Wildman–Crippen MR) is 95.1 cm³/mol. The molecule has 5 nitrogen and oxygen atoms in total. The van der Waals surface area contributed by atoms with Gasteiger partial charge in [0.05, 0.1) is 16.1 Å². The Balaban J connectivity index is 1.72. The molecule has 0 aliphatic carbocycles. The van der Waals surface area contributed by atoms with Crippen molar-refractivity contribution < 1.29 is 9.90 Å². The second-order valence-electron chi connectivity index (χ2n) is 6.62. The lowest BCUT2D eigenvalue weighted by atomic mass is 9.96. The number of nitrogens with one attached hydrogen (secondary N) is 1. The van der Waals surface area contributed by atoms with Crippen molar-refractivity contribution in [3.8, 4) is 0 Å². The summed E-state index contributed by atoms with van der Waals surface area (Å²) in [7, 11) is 0. The van der Waals surface area contributed by atoms with Crippen molar-refractivity contribution in [1.29, 1.82) is 0 Å². The third kappa shape index (κ3) is 2.62. The van der Waals surface area contributed by atoms with Crippen LogP contribution in [0.2, 0.25) is 5.02 Å². The predicted octanol–water partition coefficient (Wildman–Crippen LogP) is 3.16. The highest BCUT2D eigenvalue weighted by Gasteiger charge is 2.34. The van der Waals surface area contributed by atoms with Gasteiger partial charge in [-0.3, -0.25) is 0 Å². The Morgan fingerprint density at radius 2 is 2.17 bits per heavy atom. The van der Waals surface area contributed by atoms with Gasteiger partial charge in [0.25, 0.3) is 0 Å². The van der Waals surface area contributed by atoms with Crippen LogP contribution in [0, 0.1) is 5.92 Å². The van der Waals surface area contributed by atoms with Crippen molar-refractivity contribution >= 4 is 34.3 Å². The van der Waals surface area contributed by atoms with Gasteiger partial charge in [0.1, 0.15) is 5.82 Å². The van der Waals surface area contributed by atoms with E-state index in [-0.39, 0.29) is 10.6 Å². The van der Waals surface area contributed by atoms with Gasteiger partial charge in [-0.05, 0) is 62.5 Å². The summed E-state index contributed by atoms with van der Waals surface area (Å²) in [5, 5.41) is 13.7. The molecule has 126 valence electrons. The van der Waals surface area contributed by atoms with Crippen LogP contribution in [0.5, 0.6) is 0 Å². The Morgan fingerprint density at radius 1 is 1.29 bits per heavy atom. The number of nitrogens with zero attached hydrogens (tertiary/aromatic N) is 2. The largest absolute Gasteiger partial charge is 0.478 e. The molecule has 24 heavy (non-hydrogen) atoms. The van der Waals surface area contributed by atoms with E-state index in [2.05, 4.69) is 10.2 Å². The third-order valence-corrected chi connectivity index (χ3v) is 5.57. The maximum atomic E-state index is 11.5. The fourth-order valence-corrected chi connectivity index (χ4v) is 4.36. The molecule has 4 rings (SSSR count). The smallest absolute Gasteiger partial charge is 0.337 e. The monoisotopic (exact) mass is 345 g/mol. The second-order valence-corrected chi connectivity index (χ2v) is 7.03. The fraction of sp³-hybridized carbons (Fsp3) is 0.444. The molecule has 6 heteroatoms. The van der Waals surface area contributed by atoms with Crippen molar-refractivity contribution in [2.45, 2.75) is 25.3 Å². The SMILES string of the molecule is O=C(O)c1c(Cl)ccc2nc(N3CCCC3C3CCNC3)ccc12. The van der Waals surface area contributed by atoms with E-state index >= 15 is 0 Å². The number of aromatic carboxylic acids is 1. The number of hydrogen-bond donors (Lipinski definition) is 2. The average molecular weight is 346 g/mol. The summed E-state index contributed by atoms with van der Waals surface area (Å²) >= 11 is 6.05. The average Bonchev–Trinajstić information content (AvgIpc) is 3.24. The van der Waals surface area contributed by atoms with Crippen LogP contribution >= 0.6 is 11.6 Å². The lowest BCUT2D eigenvalue weighted by molar-refractivity contribution is 0.0699. The zero-order chi connectivity index (χ0) is 16.7. The van der Waals surface area contributed by atoms with Crippen LogP contribution in [-0.2, 0) is 0 Å². The molecule has 2 atom stereocenters. The highest BCUT2D eigenvalue weighted by molar-refractivity contribution is 6.35. The molecule has 2 aromatic rings. The first kappa shape index (κ1) is 15.7. The zero-order valence-electron chi connectivity index (χ0n) is 13.3. The molecule has 1 aromatic heterocycles. The first-order valence-electron chi connectivity index (χ1n) is 8.45. The minimum atomic E-state index is -1.02. The van der Waals surface area contributed by atoms with E-state index in [0.29, 0.717) is 22.9 Å². The summed E-state index contributed by atoms with van der Waals surface area (Å²) in [4.78, 5) is 18.6. The molecule has 2 N–H and O–H groups in total. The van der Waals surface area contributed by atoms with Gasteiger partial charge in [0.2, 0.25) is 0 Å². The number of aromatic nitrogens is 1. The van der Waals surface area contributed by atoms with Gasteiger partial charge in [0, 0.05) is 18.0 Å². The van der Waals surface area contributed by atoms with Gasteiger partial charge in [0.15, 0.2) is 0 Å². The number of benzene rings is 1. The Hall–Kier alpha value is -1.85. The first-order valence-corrected chi connectivity index (χ1v) is 8.83. The number of hydrogen-bond acceptors (Lipinski definition) is 4. The summed E-state index contributed by atoms with van der Waals surface area (Å²) in [6, 6.07) is 7.72. The Kier molecular flexibility index (Phi) is 4.06. The second kappa shape index (κ2) is 6.22. The molecule has 1 aromatic carbocycles. The lowest BCUT2D eigenvalue weighted by Gasteiger charge is -2.30. The molecule has 0 radical (unpaired) electrons. The number of anilines is 1. The molecule has 2 aliphatic heterocycles. The van der Waals surface area contributed by atoms with E-state index in [1.807, 2.05) is 12.1 Å². The van der Waals surface area contributed by atoms with E-state index in [1.165, 1.54) is 19.3 Å². The topological polar surface area (TPSA) is 65.5 Å². The van der Waals surface area contributed by atoms with Crippen LogP contribution < -0.4 is 10.2 Å². The maximum absolute atomic E-state index is 11.5. The highest BCUT2D eigenvalue weighted by Crippen LogP contribution is 2.33. The number of fused-ring (bicyclic) bond motifs is 1. The Bertz CT molecular complexity index is 789. The quantitative estimate of drug-likeness (QED) is 0.894. The highest BCUT2D eigenvalue weighted by atomic mass is 35.5. The molecule has 2 aliphatic rings. The van der Waals surface area contributed by atoms with E-state index in [9.17, 15) is 9.90 Å². The van der Waals surface area contributed by atoms with Gasteiger partial charge in [-0.25, -0.2) is 9.78 Å². The summed E-state index contributed by atoms with van der Waals surface area (Å²) < 4.78 is 0. The summed E-state index contributed by atoms with van der Waals surface area (Å²) in [5.41, 5.74) is 0.815. The number of rotatable bonds is 3. The van der Waals surface area contributed by atoms with Gasteiger partial charge < -0.3 is 15.3 Å². The molecular weight excluding hydrogens is 326 g/mol. The van der Waals surface area contributed by atoms with E-state index < -0.39 is 5.97 Å². The van der Waals surface area contributed by atoms with Gasteiger partial charge >= 0.3 is 5.97 Å². The molecule has 2 unspecified atom stereocenters. The molecule has 2 fully saturated rings. The number of carboxylic acids is 1. The summed E-state index contributed by atoms with van der Waals surface area (Å²) in [6.07, 6.45) is 3.60. The van der Waals surface area contributed by atoms with Crippen LogP contribution in [0.3, 0.4) is 0 Å². The van der Waals surface area contributed by atoms with Gasteiger partial charge in [-0.1, -0.05) is 11.6 Å². The molecule has 0 spiro atoms. The normalized spacial score (nSPS) is 24.0. The maximum Gasteiger partial charge on any atom is 0.337 e. The molecule has 3 heterocycles. The molecular formula is C18H20ClN3O2. The Morgan fingerprint density at radius 3 is 2.92 bits per heavy atom. The number of carboxylic acid groups (broad SMARTS) is 1. The van der Waals surface area contributed by atoms with Crippen LogP contribution in [-0.4, -0.2) is 41.7 Å². The minimum absolute atomic E-state index is 0.131. The minimum Gasteiger partial charge on any atom is -0.478 e. The standard InChI is InChI=1S/C18H20ClN3O2/c19-13-4-5-14-12(17(13)18(23)24)3-6-16(21-14)22-9-1-2-15(22)11-7-8-20-10-11/h3-6,11,15,20H,1-2,7-10H2,(H,23,24). The lowest BCUT2D eigenvalue weighted by Crippen LogP contribution is -2.37. The van der Waals surface area contributed by atoms with E-state index in [0.717, 1.165) is 25.5 Å². The molecule has 0 bridgehead atoms. The van der Waals surface area contributed by atoms with Crippen LogP contribution in [0.25, 0.3) is 10.9 Å². The van der Waals surface area contributed by atoms with Gasteiger partial charge in [-0.15, -0.1) is 0 Å².